The molecule has 0 bridgehead atoms. The van der Waals surface area contributed by atoms with E-state index < -0.39 is 0 Å². The lowest BCUT2D eigenvalue weighted by atomic mass is 10.7. The first-order valence-corrected chi connectivity index (χ1v) is 4.28. The van der Waals surface area contributed by atoms with Crippen molar-refractivity contribution in [3.8, 4) is 0 Å². The van der Waals surface area contributed by atoms with Gasteiger partial charge in [-0.3, -0.25) is 20.7 Å². The van der Waals surface area contributed by atoms with E-state index in [1.54, 1.807) is 0 Å². The Morgan fingerprint density at radius 3 is 1.67 bits per heavy atom. The lowest BCUT2D eigenvalue weighted by Crippen LogP contribution is -2.19. The van der Waals surface area contributed by atoms with Gasteiger partial charge in [0.05, 0.1) is 26.4 Å². The summed E-state index contributed by atoms with van der Waals surface area (Å²) in [5.41, 5.74) is 0. The molecule has 6 nitrogen and oxygen atoms in total. The van der Waals surface area contributed by atoms with Crippen LogP contribution in [0.25, 0.3) is 0 Å². The van der Waals surface area contributed by atoms with Crippen molar-refractivity contribution in [3.05, 3.63) is 0 Å². The number of hydrogen-bond acceptors (Lipinski definition) is 4. The minimum atomic E-state index is 0.824. The zero-order valence-electron chi connectivity index (χ0n) is 7.03. The van der Waals surface area contributed by atoms with Gasteiger partial charge in [-0.25, -0.2) is 0 Å². The molecule has 0 aromatic carbocycles. The van der Waals surface area contributed by atoms with Crippen LogP contribution in [0.5, 0.6) is 0 Å². The van der Waals surface area contributed by atoms with E-state index in [-0.39, 0.29) is 0 Å². The molecule has 12 heavy (non-hydrogen) atoms. The van der Waals surface area contributed by atoms with Crippen LogP contribution in [0.15, 0.2) is 10.4 Å². The minimum Gasteiger partial charge on any atom is -0.297 e. The van der Waals surface area contributed by atoms with Gasteiger partial charge in [-0.2, -0.15) is 0 Å². The maximum atomic E-state index is 4.09. The Hall–Kier alpha value is -0.880. The highest BCUT2D eigenvalue weighted by Gasteiger charge is 2.10. The summed E-state index contributed by atoms with van der Waals surface area (Å²) < 4.78 is 0. The third-order valence-corrected chi connectivity index (χ3v) is 1.98. The normalized spacial score (nSPS) is 24.7. The zero-order chi connectivity index (χ0) is 8.23. The molecule has 2 rings (SSSR count). The summed E-state index contributed by atoms with van der Waals surface area (Å²) in [6, 6.07) is 0. The highest BCUT2D eigenvalue weighted by molar-refractivity contribution is 4.62. The van der Waals surface area contributed by atoms with E-state index in [0.717, 1.165) is 39.5 Å². The lowest BCUT2D eigenvalue weighted by Gasteiger charge is -2.10. The molecule has 2 heterocycles. The van der Waals surface area contributed by atoms with E-state index in [0.29, 0.717) is 0 Å². The monoisotopic (exact) mass is 170 g/mol. The van der Waals surface area contributed by atoms with Crippen LogP contribution >= 0.6 is 0 Å². The fourth-order valence-electron chi connectivity index (χ4n) is 1.26. The van der Waals surface area contributed by atoms with Crippen LogP contribution in [-0.4, -0.2) is 49.5 Å². The summed E-state index contributed by atoms with van der Waals surface area (Å²) in [5.74, 6) is 0. The minimum absolute atomic E-state index is 0.824. The van der Waals surface area contributed by atoms with Crippen LogP contribution < -0.4 is 10.6 Å². The Morgan fingerprint density at radius 1 is 0.833 bits per heavy atom. The van der Waals surface area contributed by atoms with Crippen LogP contribution in [0.1, 0.15) is 0 Å². The molecule has 2 N–H and O–H groups in total. The maximum Gasteiger partial charge on any atom is 0.0873 e. The highest BCUT2D eigenvalue weighted by atomic mass is 15.7. The highest BCUT2D eigenvalue weighted by Crippen LogP contribution is 1.98. The second kappa shape index (κ2) is 3.68. The molecule has 0 spiro atoms. The first-order chi connectivity index (χ1) is 5.95. The fraction of sp³-hybridized carbons (Fsp3) is 1.00. The molecule has 0 aromatic rings. The van der Waals surface area contributed by atoms with Crippen LogP contribution in [0.3, 0.4) is 0 Å². The topological polar surface area (TPSA) is 55.3 Å². The van der Waals surface area contributed by atoms with Crippen LogP contribution in [-0.2, 0) is 0 Å². The Balaban J connectivity index is 1.75. The first kappa shape index (κ1) is 7.75. The predicted octanol–water partition coefficient (Wildman–Crippen LogP) is -1.01. The summed E-state index contributed by atoms with van der Waals surface area (Å²) in [5, 5.41) is 18.4. The van der Waals surface area contributed by atoms with Crippen LogP contribution in [0.4, 0.5) is 0 Å². The largest absolute Gasteiger partial charge is 0.297 e. The van der Waals surface area contributed by atoms with Gasteiger partial charge in [-0.05, 0) is 0 Å². The molecule has 2 aliphatic rings. The lowest BCUT2D eigenvalue weighted by molar-refractivity contribution is 0.247. The van der Waals surface area contributed by atoms with E-state index in [1.165, 1.54) is 0 Å². The molecule has 2 fully saturated rings. The van der Waals surface area contributed by atoms with Crippen molar-refractivity contribution in [1.82, 2.24) is 20.7 Å². The second-order valence-electron chi connectivity index (χ2n) is 2.96. The molecule has 0 aromatic heterocycles. The molecule has 0 radical (unpaired) electrons. The average Bonchev–Trinajstić information content (AvgIpc) is 2.74. The molecule has 2 aliphatic heterocycles. The third-order valence-electron chi connectivity index (χ3n) is 1.98. The van der Waals surface area contributed by atoms with Gasteiger partial charge in [0.25, 0.3) is 0 Å². The van der Waals surface area contributed by atoms with Crippen molar-refractivity contribution >= 4 is 0 Å². The average molecular weight is 170 g/mol. The van der Waals surface area contributed by atoms with Gasteiger partial charge < -0.3 is 0 Å². The summed E-state index contributed by atoms with van der Waals surface area (Å²) in [6.45, 7) is 5.60. The van der Waals surface area contributed by atoms with Gasteiger partial charge in [-0.15, -0.1) is 0 Å². The molecule has 6 heteroatoms. The van der Waals surface area contributed by atoms with Crippen LogP contribution in [0.2, 0.25) is 0 Å². The molecule has 2 saturated heterocycles. The fourth-order valence-corrected chi connectivity index (χ4v) is 1.26. The summed E-state index contributed by atoms with van der Waals surface area (Å²) in [4.78, 5) is 0. The Morgan fingerprint density at radius 2 is 1.33 bits per heavy atom. The van der Waals surface area contributed by atoms with Crippen LogP contribution in [0, 0.1) is 0 Å². The van der Waals surface area contributed by atoms with Gasteiger partial charge in [0.2, 0.25) is 0 Å². The van der Waals surface area contributed by atoms with Crippen molar-refractivity contribution in [2.45, 2.75) is 0 Å². The van der Waals surface area contributed by atoms with E-state index in [9.17, 15) is 0 Å². The standard InChI is InChI=1S/C6H14N6/c1-3-11(5-7-1)9-10-12-4-2-8-6-12/h7-8H,1-6H2. The van der Waals surface area contributed by atoms with Crippen molar-refractivity contribution in [2.75, 3.05) is 39.5 Å². The molecule has 0 saturated carbocycles. The number of hydrogen-bond donors (Lipinski definition) is 2. The summed E-state index contributed by atoms with van der Waals surface area (Å²) in [7, 11) is 0. The van der Waals surface area contributed by atoms with Gasteiger partial charge in [0.15, 0.2) is 0 Å². The van der Waals surface area contributed by atoms with E-state index in [4.69, 9.17) is 0 Å². The number of nitrogens with zero attached hydrogens (tertiary/aromatic N) is 4. The predicted molar refractivity (Wildman–Crippen MR) is 44.0 cm³/mol. The van der Waals surface area contributed by atoms with E-state index in [2.05, 4.69) is 21.1 Å². The summed E-state index contributed by atoms with van der Waals surface area (Å²) >= 11 is 0. The Bertz CT molecular complexity index is 139. The van der Waals surface area contributed by atoms with Gasteiger partial charge in [0.1, 0.15) is 0 Å². The molecular weight excluding hydrogens is 156 g/mol. The Labute approximate surface area is 71.6 Å². The quantitative estimate of drug-likeness (QED) is 0.522. The van der Waals surface area contributed by atoms with Gasteiger partial charge >= 0.3 is 0 Å². The van der Waals surface area contributed by atoms with Gasteiger partial charge in [-0.1, -0.05) is 10.4 Å². The molecule has 0 atom stereocenters. The first-order valence-electron chi connectivity index (χ1n) is 4.28. The smallest absolute Gasteiger partial charge is 0.0873 e. The molecule has 68 valence electrons. The van der Waals surface area contributed by atoms with Crippen molar-refractivity contribution in [3.63, 3.8) is 0 Å². The second-order valence-corrected chi connectivity index (χ2v) is 2.96. The molecular formula is C6H14N6. The van der Waals surface area contributed by atoms with Crippen molar-refractivity contribution in [2.24, 2.45) is 10.4 Å². The summed E-state index contributed by atoms with van der Waals surface area (Å²) in [6.07, 6.45) is 0. The van der Waals surface area contributed by atoms with Crippen molar-refractivity contribution < 1.29 is 0 Å². The molecule has 0 unspecified atom stereocenters. The molecule has 0 aliphatic carbocycles. The van der Waals surface area contributed by atoms with Crippen molar-refractivity contribution in [1.29, 1.82) is 0 Å². The molecule has 0 amide bonds. The van der Waals surface area contributed by atoms with Gasteiger partial charge in [0, 0.05) is 13.1 Å². The number of nitrogens with one attached hydrogen (secondary N) is 2. The number of rotatable bonds is 2. The third kappa shape index (κ3) is 1.83. The van der Waals surface area contributed by atoms with E-state index in [1.807, 2.05) is 10.0 Å². The zero-order valence-corrected chi connectivity index (χ0v) is 7.03. The maximum absolute atomic E-state index is 4.09. The SMILES string of the molecule is C1CN(N=NN2CCNC2)CN1. The Kier molecular flexibility index (Phi) is 2.38. The van der Waals surface area contributed by atoms with E-state index >= 15 is 0 Å².